The van der Waals surface area contributed by atoms with Crippen LogP contribution in [0, 0.1) is 12.7 Å². The van der Waals surface area contributed by atoms with Crippen molar-refractivity contribution in [2.24, 2.45) is 0 Å². The SMILES string of the molecule is Cc1ccc(F)cc1Oc1ccc(CCl)nn1. The molecule has 0 radical (unpaired) electrons. The van der Waals surface area contributed by atoms with Crippen LogP contribution in [0.4, 0.5) is 4.39 Å². The molecule has 5 heteroatoms. The minimum atomic E-state index is -0.351. The molecule has 0 fully saturated rings. The van der Waals surface area contributed by atoms with Crippen molar-refractivity contribution >= 4 is 11.6 Å². The summed E-state index contributed by atoms with van der Waals surface area (Å²) in [6.45, 7) is 1.83. The molecule has 0 saturated carbocycles. The van der Waals surface area contributed by atoms with Crippen LogP contribution in [0.2, 0.25) is 0 Å². The Hall–Kier alpha value is -1.68. The van der Waals surface area contributed by atoms with Gasteiger partial charge in [0.25, 0.3) is 0 Å². The average molecular weight is 253 g/mol. The highest BCUT2D eigenvalue weighted by Gasteiger charge is 2.04. The van der Waals surface area contributed by atoms with Gasteiger partial charge in [-0.1, -0.05) is 6.07 Å². The first-order chi connectivity index (χ1) is 8.19. The van der Waals surface area contributed by atoms with E-state index >= 15 is 0 Å². The Morgan fingerprint density at radius 3 is 2.71 bits per heavy atom. The minimum Gasteiger partial charge on any atom is -0.437 e. The van der Waals surface area contributed by atoms with E-state index in [0.717, 1.165) is 5.56 Å². The molecule has 1 aromatic heterocycles. The van der Waals surface area contributed by atoms with E-state index in [2.05, 4.69) is 10.2 Å². The third-order valence-corrected chi connectivity index (χ3v) is 2.47. The van der Waals surface area contributed by atoms with Crippen LogP contribution in [0.3, 0.4) is 0 Å². The fraction of sp³-hybridized carbons (Fsp3) is 0.167. The number of hydrogen-bond acceptors (Lipinski definition) is 3. The normalized spacial score (nSPS) is 10.3. The van der Waals surface area contributed by atoms with Crippen molar-refractivity contribution in [3.05, 3.63) is 47.4 Å². The highest BCUT2D eigenvalue weighted by Crippen LogP contribution is 2.24. The van der Waals surface area contributed by atoms with E-state index in [1.54, 1.807) is 18.2 Å². The maximum Gasteiger partial charge on any atom is 0.238 e. The molecule has 2 aromatic rings. The van der Waals surface area contributed by atoms with Crippen molar-refractivity contribution in [1.29, 1.82) is 0 Å². The van der Waals surface area contributed by atoms with E-state index in [4.69, 9.17) is 16.3 Å². The number of hydrogen-bond donors (Lipinski definition) is 0. The molecule has 0 N–H and O–H groups in total. The molecule has 0 unspecified atom stereocenters. The van der Waals surface area contributed by atoms with Gasteiger partial charge in [-0.25, -0.2) is 4.39 Å². The van der Waals surface area contributed by atoms with Crippen LogP contribution in [-0.2, 0) is 5.88 Å². The van der Waals surface area contributed by atoms with E-state index in [1.807, 2.05) is 6.92 Å². The largest absolute Gasteiger partial charge is 0.437 e. The minimum absolute atomic E-state index is 0.298. The zero-order chi connectivity index (χ0) is 12.3. The molecule has 0 aliphatic carbocycles. The molecule has 0 atom stereocenters. The Balaban J connectivity index is 2.22. The summed E-state index contributed by atoms with van der Waals surface area (Å²) in [7, 11) is 0. The first kappa shape index (κ1) is 11.8. The predicted octanol–water partition coefficient (Wildman–Crippen LogP) is 3.46. The highest BCUT2D eigenvalue weighted by molar-refractivity contribution is 6.16. The van der Waals surface area contributed by atoms with Gasteiger partial charge in [0.2, 0.25) is 5.88 Å². The van der Waals surface area contributed by atoms with E-state index in [0.29, 0.717) is 23.2 Å². The second-order valence-corrected chi connectivity index (χ2v) is 3.78. The summed E-state index contributed by atoms with van der Waals surface area (Å²) >= 11 is 5.59. The van der Waals surface area contributed by atoms with Gasteiger partial charge in [0, 0.05) is 12.1 Å². The number of ether oxygens (including phenoxy) is 1. The van der Waals surface area contributed by atoms with E-state index in [-0.39, 0.29) is 5.82 Å². The van der Waals surface area contributed by atoms with Gasteiger partial charge < -0.3 is 4.74 Å². The monoisotopic (exact) mass is 252 g/mol. The average Bonchev–Trinajstić information content (AvgIpc) is 2.35. The molecule has 0 bridgehead atoms. The summed E-state index contributed by atoms with van der Waals surface area (Å²) in [6, 6.07) is 7.70. The van der Waals surface area contributed by atoms with Crippen molar-refractivity contribution in [1.82, 2.24) is 10.2 Å². The zero-order valence-corrected chi connectivity index (χ0v) is 9.91. The quantitative estimate of drug-likeness (QED) is 0.785. The lowest BCUT2D eigenvalue weighted by atomic mass is 10.2. The summed E-state index contributed by atoms with van der Waals surface area (Å²) in [5.41, 5.74) is 1.49. The standard InChI is InChI=1S/C12H10ClFN2O/c1-8-2-3-9(14)6-11(8)17-12-5-4-10(7-13)15-16-12/h2-6H,7H2,1H3. The van der Waals surface area contributed by atoms with Crippen molar-refractivity contribution in [2.45, 2.75) is 12.8 Å². The zero-order valence-electron chi connectivity index (χ0n) is 9.15. The molecule has 17 heavy (non-hydrogen) atoms. The van der Waals surface area contributed by atoms with Crippen LogP contribution in [0.25, 0.3) is 0 Å². The maximum absolute atomic E-state index is 13.0. The van der Waals surface area contributed by atoms with E-state index in [1.165, 1.54) is 12.1 Å². The molecule has 0 saturated heterocycles. The van der Waals surface area contributed by atoms with Gasteiger partial charge in [-0.2, -0.15) is 5.10 Å². The molecular formula is C12H10ClFN2O. The van der Waals surface area contributed by atoms with Gasteiger partial charge in [-0.05, 0) is 24.6 Å². The maximum atomic E-state index is 13.0. The van der Waals surface area contributed by atoms with Crippen LogP contribution >= 0.6 is 11.6 Å². The molecule has 0 amide bonds. The van der Waals surface area contributed by atoms with Crippen LogP contribution < -0.4 is 4.74 Å². The molecule has 3 nitrogen and oxygen atoms in total. The first-order valence-electron chi connectivity index (χ1n) is 5.01. The van der Waals surface area contributed by atoms with Crippen molar-refractivity contribution < 1.29 is 9.13 Å². The number of nitrogens with zero attached hydrogens (tertiary/aromatic N) is 2. The smallest absolute Gasteiger partial charge is 0.238 e. The van der Waals surface area contributed by atoms with Crippen molar-refractivity contribution in [3.8, 4) is 11.6 Å². The summed E-state index contributed by atoms with van der Waals surface area (Å²) in [4.78, 5) is 0. The van der Waals surface area contributed by atoms with Gasteiger partial charge in [-0.15, -0.1) is 16.7 Å². The van der Waals surface area contributed by atoms with Crippen LogP contribution in [0.1, 0.15) is 11.3 Å². The van der Waals surface area contributed by atoms with Gasteiger partial charge in [0.05, 0.1) is 11.6 Å². The number of rotatable bonds is 3. The Kier molecular flexibility index (Phi) is 3.54. The first-order valence-corrected chi connectivity index (χ1v) is 5.55. The Morgan fingerprint density at radius 1 is 1.24 bits per heavy atom. The molecule has 0 aliphatic heterocycles. The number of aryl methyl sites for hydroxylation is 1. The second-order valence-electron chi connectivity index (χ2n) is 3.51. The van der Waals surface area contributed by atoms with Gasteiger partial charge in [-0.3, -0.25) is 0 Å². The number of aromatic nitrogens is 2. The number of halogens is 2. The lowest BCUT2D eigenvalue weighted by Crippen LogP contribution is -1.95. The predicted molar refractivity (Wildman–Crippen MR) is 62.8 cm³/mol. The fourth-order valence-electron chi connectivity index (χ4n) is 1.27. The molecule has 2 rings (SSSR count). The van der Waals surface area contributed by atoms with Crippen LogP contribution in [-0.4, -0.2) is 10.2 Å². The molecule has 88 valence electrons. The topological polar surface area (TPSA) is 35.0 Å². The molecule has 0 spiro atoms. The fourth-order valence-corrected chi connectivity index (χ4v) is 1.41. The molecule has 1 heterocycles. The second kappa shape index (κ2) is 5.10. The Morgan fingerprint density at radius 2 is 2.06 bits per heavy atom. The van der Waals surface area contributed by atoms with Crippen LogP contribution in [0.5, 0.6) is 11.6 Å². The Labute approximate surface area is 103 Å². The van der Waals surface area contributed by atoms with Crippen molar-refractivity contribution in [3.63, 3.8) is 0 Å². The summed E-state index contributed by atoms with van der Waals surface area (Å²) in [5.74, 6) is 0.688. The van der Waals surface area contributed by atoms with E-state index in [9.17, 15) is 4.39 Å². The Bertz CT molecular complexity index is 516. The van der Waals surface area contributed by atoms with E-state index < -0.39 is 0 Å². The molecular weight excluding hydrogens is 243 g/mol. The van der Waals surface area contributed by atoms with Gasteiger partial charge in [0.1, 0.15) is 11.6 Å². The number of benzene rings is 1. The van der Waals surface area contributed by atoms with Crippen LogP contribution in [0.15, 0.2) is 30.3 Å². The third-order valence-electron chi connectivity index (χ3n) is 2.20. The summed E-state index contributed by atoms with van der Waals surface area (Å²) < 4.78 is 18.5. The van der Waals surface area contributed by atoms with Gasteiger partial charge >= 0.3 is 0 Å². The summed E-state index contributed by atoms with van der Waals surface area (Å²) in [6.07, 6.45) is 0. The van der Waals surface area contributed by atoms with Crippen molar-refractivity contribution in [2.75, 3.05) is 0 Å². The highest BCUT2D eigenvalue weighted by atomic mass is 35.5. The number of alkyl halides is 1. The van der Waals surface area contributed by atoms with Gasteiger partial charge in [0.15, 0.2) is 0 Å². The molecule has 1 aromatic carbocycles. The lowest BCUT2D eigenvalue weighted by Gasteiger charge is -2.07. The molecule has 0 aliphatic rings. The lowest BCUT2D eigenvalue weighted by molar-refractivity contribution is 0.446. The summed E-state index contributed by atoms with van der Waals surface area (Å²) in [5, 5.41) is 7.68. The third kappa shape index (κ3) is 2.91.